The largest absolute Gasteiger partial charge is 0.462 e. The van der Waals surface area contributed by atoms with Crippen molar-refractivity contribution < 1.29 is 14.3 Å². The van der Waals surface area contributed by atoms with Gasteiger partial charge in [-0.3, -0.25) is 4.79 Å². The Bertz CT molecular complexity index is 696. The predicted molar refractivity (Wildman–Crippen MR) is 93.9 cm³/mol. The number of rotatable bonds is 7. The lowest BCUT2D eigenvalue weighted by Gasteiger charge is -2.10. The molecule has 0 unspecified atom stereocenters. The van der Waals surface area contributed by atoms with Gasteiger partial charge in [0.05, 0.1) is 18.7 Å². The van der Waals surface area contributed by atoms with Gasteiger partial charge in [0.25, 0.3) is 0 Å². The molecule has 0 atom stereocenters. The molecule has 0 saturated heterocycles. The Labute approximate surface area is 142 Å². The average molecular weight is 326 g/mol. The minimum atomic E-state index is -0.347. The number of benzene rings is 2. The smallest absolute Gasteiger partial charge is 0.338 e. The number of ether oxygens (including phenoxy) is 1. The van der Waals surface area contributed by atoms with Gasteiger partial charge in [0.2, 0.25) is 5.91 Å². The van der Waals surface area contributed by atoms with Crippen LogP contribution < -0.4 is 10.6 Å². The van der Waals surface area contributed by atoms with Gasteiger partial charge >= 0.3 is 5.97 Å². The highest BCUT2D eigenvalue weighted by Gasteiger charge is 2.06. The number of amides is 1. The van der Waals surface area contributed by atoms with Crippen LogP contribution in [-0.2, 0) is 16.1 Å². The summed E-state index contributed by atoms with van der Waals surface area (Å²) in [5, 5.41) is 5.91. The molecule has 0 aliphatic rings. The van der Waals surface area contributed by atoms with E-state index >= 15 is 0 Å². The van der Waals surface area contributed by atoms with Crippen molar-refractivity contribution in [3.8, 4) is 0 Å². The number of hydrogen-bond donors (Lipinski definition) is 2. The lowest BCUT2D eigenvalue weighted by Crippen LogP contribution is -2.29. The van der Waals surface area contributed by atoms with Crippen molar-refractivity contribution in [3.05, 3.63) is 65.2 Å². The van der Waals surface area contributed by atoms with Gasteiger partial charge in [-0.1, -0.05) is 24.3 Å². The third-order valence-electron chi connectivity index (χ3n) is 3.59. The standard InChI is InChI=1S/C19H22N2O3/c1-3-24-19(23)15-8-10-17(11-9-15)20-13-18(22)21-12-16-7-5-4-6-14(16)2/h4-11,20H,3,12-13H2,1-2H3,(H,21,22). The van der Waals surface area contributed by atoms with Crippen molar-refractivity contribution in [1.29, 1.82) is 0 Å². The van der Waals surface area contributed by atoms with Crippen molar-refractivity contribution >= 4 is 17.6 Å². The summed E-state index contributed by atoms with van der Waals surface area (Å²) in [6.07, 6.45) is 0. The average Bonchev–Trinajstić information content (AvgIpc) is 2.60. The van der Waals surface area contributed by atoms with Crippen molar-refractivity contribution in [1.82, 2.24) is 5.32 Å². The van der Waals surface area contributed by atoms with E-state index in [1.165, 1.54) is 0 Å². The van der Waals surface area contributed by atoms with Crippen molar-refractivity contribution in [2.75, 3.05) is 18.5 Å². The zero-order chi connectivity index (χ0) is 17.4. The fraction of sp³-hybridized carbons (Fsp3) is 0.263. The Balaban J connectivity index is 1.79. The molecule has 2 rings (SSSR count). The van der Waals surface area contributed by atoms with Crippen LogP contribution in [0.3, 0.4) is 0 Å². The van der Waals surface area contributed by atoms with Gasteiger partial charge in [-0.05, 0) is 49.2 Å². The molecule has 0 aromatic heterocycles. The first-order valence-electron chi connectivity index (χ1n) is 7.92. The Morgan fingerprint density at radius 2 is 1.75 bits per heavy atom. The van der Waals surface area contributed by atoms with E-state index in [0.717, 1.165) is 16.8 Å². The van der Waals surface area contributed by atoms with E-state index in [4.69, 9.17) is 4.74 Å². The predicted octanol–water partition coefficient (Wildman–Crippen LogP) is 2.90. The number of carbonyl (C=O) groups excluding carboxylic acids is 2. The second-order valence-electron chi connectivity index (χ2n) is 5.35. The highest BCUT2D eigenvalue weighted by atomic mass is 16.5. The molecule has 0 radical (unpaired) electrons. The van der Waals surface area contributed by atoms with Gasteiger partial charge in [-0.25, -0.2) is 4.79 Å². The quantitative estimate of drug-likeness (QED) is 0.768. The minimum absolute atomic E-state index is 0.0901. The van der Waals surface area contributed by atoms with Gasteiger partial charge in [0, 0.05) is 12.2 Å². The number of carbonyl (C=O) groups is 2. The Hall–Kier alpha value is -2.82. The SMILES string of the molecule is CCOC(=O)c1ccc(NCC(=O)NCc2ccccc2C)cc1. The molecule has 0 bridgehead atoms. The van der Waals surface area contributed by atoms with Crippen LogP contribution in [0.15, 0.2) is 48.5 Å². The third-order valence-corrected chi connectivity index (χ3v) is 3.59. The molecule has 1 amide bonds. The molecule has 0 heterocycles. The van der Waals surface area contributed by atoms with Crippen LogP contribution in [0.25, 0.3) is 0 Å². The first-order valence-corrected chi connectivity index (χ1v) is 7.92. The summed E-state index contributed by atoms with van der Waals surface area (Å²) in [5.41, 5.74) is 3.52. The van der Waals surface area contributed by atoms with Crippen LogP contribution >= 0.6 is 0 Å². The van der Waals surface area contributed by atoms with Crippen LogP contribution in [0, 0.1) is 6.92 Å². The molecule has 0 spiro atoms. The van der Waals surface area contributed by atoms with Crippen molar-refractivity contribution in [2.24, 2.45) is 0 Å². The summed E-state index contributed by atoms with van der Waals surface area (Å²) < 4.78 is 4.93. The monoisotopic (exact) mass is 326 g/mol. The maximum Gasteiger partial charge on any atom is 0.338 e. The fourth-order valence-corrected chi connectivity index (χ4v) is 2.19. The van der Waals surface area contributed by atoms with Gasteiger partial charge in [-0.2, -0.15) is 0 Å². The Morgan fingerprint density at radius 3 is 2.42 bits per heavy atom. The highest BCUT2D eigenvalue weighted by molar-refractivity contribution is 5.90. The summed E-state index contributed by atoms with van der Waals surface area (Å²) in [4.78, 5) is 23.5. The van der Waals surface area contributed by atoms with E-state index in [1.807, 2.05) is 31.2 Å². The van der Waals surface area contributed by atoms with Gasteiger partial charge < -0.3 is 15.4 Å². The molecule has 0 aliphatic heterocycles. The van der Waals surface area contributed by atoms with Gasteiger partial charge in [0.15, 0.2) is 0 Å². The maximum atomic E-state index is 11.9. The first kappa shape index (κ1) is 17.5. The number of anilines is 1. The van der Waals surface area contributed by atoms with E-state index in [1.54, 1.807) is 31.2 Å². The zero-order valence-electron chi connectivity index (χ0n) is 14.0. The first-order chi connectivity index (χ1) is 11.6. The molecule has 2 N–H and O–H groups in total. The molecular weight excluding hydrogens is 304 g/mol. The number of hydrogen-bond acceptors (Lipinski definition) is 4. The van der Waals surface area contributed by atoms with Crippen LogP contribution in [0.4, 0.5) is 5.69 Å². The maximum absolute atomic E-state index is 11.9. The highest BCUT2D eigenvalue weighted by Crippen LogP contribution is 2.10. The second kappa shape index (κ2) is 8.72. The minimum Gasteiger partial charge on any atom is -0.462 e. The van der Waals surface area contributed by atoms with Crippen molar-refractivity contribution in [2.45, 2.75) is 20.4 Å². The van der Waals surface area contributed by atoms with E-state index in [2.05, 4.69) is 10.6 Å². The van der Waals surface area contributed by atoms with Crippen LogP contribution in [0.2, 0.25) is 0 Å². The fourth-order valence-electron chi connectivity index (χ4n) is 2.19. The summed E-state index contributed by atoms with van der Waals surface area (Å²) >= 11 is 0. The third kappa shape index (κ3) is 5.12. The molecule has 2 aromatic carbocycles. The Morgan fingerprint density at radius 1 is 1.04 bits per heavy atom. The van der Waals surface area contributed by atoms with Gasteiger partial charge in [-0.15, -0.1) is 0 Å². The van der Waals surface area contributed by atoms with Gasteiger partial charge in [0.1, 0.15) is 0 Å². The van der Waals surface area contributed by atoms with E-state index in [9.17, 15) is 9.59 Å². The zero-order valence-corrected chi connectivity index (χ0v) is 14.0. The van der Waals surface area contributed by atoms with E-state index in [-0.39, 0.29) is 18.4 Å². The summed E-state index contributed by atoms with van der Waals surface area (Å²) in [7, 11) is 0. The van der Waals surface area contributed by atoms with Crippen LogP contribution in [0.1, 0.15) is 28.4 Å². The number of esters is 1. The Kier molecular flexibility index (Phi) is 6.37. The molecule has 126 valence electrons. The molecule has 0 fully saturated rings. The number of aryl methyl sites for hydroxylation is 1. The molecule has 24 heavy (non-hydrogen) atoms. The molecule has 0 aliphatic carbocycles. The van der Waals surface area contributed by atoms with E-state index in [0.29, 0.717) is 18.7 Å². The second-order valence-corrected chi connectivity index (χ2v) is 5.35. The van der Waals surface area contributed by atoms with Crippen LogP contribution in [-0.4, -0.2) is 25.0 Å². The normalized spacial score (nSPS) is 10.1. The summed E-state index contributed by atoms with van der Waals surface area (Å²) in [5.74, 6) is -0.437. The van der Waals surface area contributed by atoms with E-state index < -0.39 is 0 Å². The molecular formula is C19H22N2O3. The lowest BCUT2D eigenvalue weighted by atomic mass is 10.1. The van der Waals surface area contributed by atoms with Crippen LogP contribution in [0.5, 0.6) is 0 Å². The molecule has 5 heteroatoms. The number of nitrogens with one attached hydrogen (secondary N) is 2. The lowest BCUT2D eigenvalue weighted by molar-refractivity contribution is -0.119. The molecule has 2 aromatic rings. The molecule has 0 saturated carbocycles. The topological polar surface area (TPSA) is 67.4 Å². The van der Waals surface area contributed by atoms with Crippen molar-refractivity contribution in [3.63, 3.8) is 0 Å². The summed E-state index contributed by atoms with van der Waals surface area (Å²) in [6, 6.07) is 14.8. The summed E-state index contributed by atoms with van der Waals surface area (Å²) in [6.45, 7) is 4.81. The molecule has 5 nitrogen and oxygen atoms in total.